The molecule has 0 radical (unpaired) electrons. The summed E-state index contributed by atoms with van der Waals surface area (Å²) in [4.78, 5) is 23.9. The van der Waals surface area contributed by atoms with Gasteiger partial charge < -0.3 is 15.4 Å². The fourth-order valence-corrected chi connectivity index (χ4v) is 2.19. The number of carbonyl (C=O) groups is 2. The van der Waals surface area contributed by atoms with E-state index in [1.165, 1.54) is 0 Å². The van der Waals surface area contributed by atoms with Gasteiger partial charge in [-0.3, -0.25) is 4.79 Å². The maximum atomic E-state index is 12.0. The summed E-state index contributed by atoms with van der Waals surface area (Å²) in [7, 11) is 0. The van der Waals surface area contributed by atoms with Gasteiger partial charge in [-0.1, -0.05) is 12.1 Å². The van der Waals surface area contributed by atoms with Gasteiger partial charge in [0.25, 0.3) is 0 Å². The van der Waals surface area contributed by atoms with Crippen molar-refractivity contribution in [3.8, 4) is 6.07 Å². The van der Waals surface area contributed by atoms with Crippen LogP contribution in [0.2, 0.25) is 0 Å². The molecule has 2 N–H and O–H groups in total. The van der Waals surface area contributed by atoms with Crippen molar-refractivity contribution in [1.29, 1.82) is 5.26 Å². The molecule has 2 aromatic carbocycles. The normalized spacial score (nSPS) is 9.76. The van der Waals surface area contributed by atoms with Crippen LogP contribution in [0.5, 0.6) is 0 Å². The van der Waals surface area contributed by atoms with Gasteiger partial charge in [0.05, 0.1) is 23.8 Å². The number of nitrogens with one attached hydrogen (secondary N) is 2. The fourth-order valence-electron chi connectivity index (χ4n) is 2.19. The lowest BCUT2D eigenvalue weighted by atomic mass is 10.1. The quantitative estimate of drug-likeness (QED) is 0.757. The number of carbonyl (C=O) groups excluding carboxylic acids is 2. The Labute approximate surface area is 146 Å². The molecular weight excluding hydrogens is 318 g/mol. The standard InChI is InChI=1S/C19H19N3O3/c1-2-25-19(24)16-5-3-4-6-17(16)21-12-11-18(23)22-15-9-7-14(13-20)8-10-15/h3-10,21H,2,11-12H2,1H3,(H,22,23). The smallest absolute Gasteiger partial charge is 0.340 e. The second kappa shape index (κ2) is 9.08. The Kier molecular flexibility index (Phi) is 6.55. The third-order valence-corrected chi connectivity index (χ3v) is 3.39. The lowest BCUT2D eigenvalue weighted by molar-refractivity contribution is -0.115. The van der Waals surface area contributed by atoms with Crippen molar-refractivity contribution in [1.82, 2.24) is 0 Å². The van der Waals surface area contributed by atoms with E-state index >= 15 is 0 Å². The third-order valence-electron chi connectivity index (χ3n) is 3.39. The molecule has 0 bridgehead atoms. The third kappa shape index (κ3) is 5.36. The Hall–Kier alpha value is -3.33. The average Bonchev–Trinajstić information content (AvgIpc) is 2.63. The van der Waals surface area contributed by atoms with Crippen LogP contribution in [-0.2, 0) is 9.53 Å². The highest BCUT2D eigenvalue weighted by atomic mass is 16.5. The summed E-state index contributed by atoms with van der Waals surface area (Å²) in [5.41, 5.74) is 2.25. The molecule has 25 heavy (non-hydrogen) atoms. The number of rotatable bonds is 7. The van der Waals surface area contributed by atoms with Crippen LogP contribution in [0.4, 0.5) is 11.4 Å². The van der Waals surface area contributed by atoms with Gasteiger partial charge in [0.1, 0.15) is 0 Å². The van der Waals surface area contributed by atoms with Crippen molar-refractivity contribution in [3.63, 3.8) is 0 Å². The first kappa shape index (κ1) is 18.0. The van der Waals surface area contributed by atoms with E-state index in [0.717, 1.165) is 0 Å². The molecule has 0 fully saturated rings. The molecule has 2 aromatic rings. The zero-order valence-corrected chi connectivity index (χ0v) is 13.9. The largest absolute Gasteiger partial charge is 0.462 e. The number of benzene rings is 2. The molecule has 0 aromatic heterocycles. The minimum Gasteiger partial charge on any atom is -0.462 e. The summed E-state index contributed by atoms with van der Waals surface area (Å²) in [6.45, 7) is 2.43. The van der Waals surface area contributed by atoms with E-state index in [-0.39, 0.29) is 12.3 Å². The van der Waals surface area contributed by atoms with Crippen molar-refractivity contribution in [2.75, 3.05) is 23.8 Å². The second-order valence-electron chi connectivity index (χ2n) is 5.18. The summed E-state index contributed by atoms with van der Waals surface area (Å²) < 4.78 is 5.01. The fraction of sp³-hybridized carbons (Fsp3) is 0.211. The van der Waals surface area contributed by atoms with Crippen molar-refractivity contribution in [2.24, 2.45) is 0 Å². The first-order valence-electron chi connectivity index (χ1n) is 7.94. The van der Waals surface area contributed by atoms with Crippen molar-refractivity contribution >= 4 is 23.3 Å². The SMILES string of the molecule is CCOC(=O)c1ccccc1NCCC(=O)Nc1ccc(C#N)cc1. The molecule has 0 aliphatic carbocycles. The highest BCUT2D eigenvalue weighted by Gasteiger charge is 2.11. The van der Waals surface area contributed by atoms with Gasteiger partial charge >= 0.3 is 5.97 Å². The van der Waals surface area contributed by atoms with Crippen LogP contribution in [0.15, 0.2) is 48.5 Å². The zero-order valence-electron chi connectivity index (χ0n) is 13.9. The van der Waals surface area contributed by atoms with Gasteiger partial charge in [-0.15, -0.1) is 0 Å². The van der Waals surface area contributed by atoms with E-state index in [1.807, 2.05) is 12.1 Å². The molecule has 6 nitrogen and oxygen atoms in total. The molecule has 6 heteroatoms. The molecule has 2 rings (SSSR count). The Morgan fingerprint density at radius 1 is 1.12 bits per heavy atom. The number of hydrogen-bond acceptors (Lipinski definition) is 5. The minimum absolute atomic E-state index is 0.161. The zero-order chi connectivity index (χ0) is 18.1. The maximum absolute atomic E-state index is 12.0. The van der Waals surface area contributed by atoms with Crippen LogP contribution < -0.4 is 10.6 Å². The number of nitrogens with zero attached hydrogens (tertiary/aromatic N) is 1. The monoisotopic (exact) mass is 337 g/mol. The molecular formula is C19H19N3O3. The summed E-state index contributed by atoms with van der Waals surface area (Å²) in [6.07, 6.45) is 0.233. The number of nitriles is 1. The minimum atomic E-state index is -0.396. The summed E-state index contributed by atoms with van der Waals surface area (Å²) in [5, 5.41) is 14.6. The van der Waals surface area contributed by atoms with Gasteiger partial charge in [0.2, 0.25) is 5.91 Å². The highest BCUT2D eigenvalue weighted by molar-refractivity contribution is 5.96. The molecule has 128 valence electrons. The number of esters is 1. The molecule has 0 spiro atoms. The van der Waals surface area contributed by atoms with Crippen LogP contribution >= 0.6 is 0 Å². The Balaban J connectivity index is 1.87. The van der Waals surface area contributed by atoms with Gasteiger partial charge in [0, 0.05) is 24.3 Å². The predicted octanol–water partition coefficient (Wildman–Crippen LogP) is 3.18. The molecule has 0 saturated heterocycles. The Bertz CT molecular complexity index is 779. The summed E-state index contributed by atoms with van der Waals surface area (Å²) in [6, 6.07) is 15.7. The number of anilines is 2. The molecule has 0 unspecified atom stereocenters. The van der Waals surface area contributed by atoms with Gasteiger partial charge in [0.15, 0.2) is 0 Å². The average molecular weight is 337 g/mol. The number of ether oxygens (including phenoxy) is 1. The first-order valence-corrected chi connectivity index (χ1v) is 7.94. The van der Waals surface area contributed by atoms with Crippen LogP contribution in [0.3, 0.4) is 0 Å². The topological polar surface area (TPSA) is 91.2 Å². The van der Waals surface area contributed by atoms with Crippen LogP contribution in [-0.4, -0.2) is 25.0 Å². The lowest BCUT2D eigenvalue weighted by Gasteiger charge is -2.11. The van der Waals surface area contributed by atoms with E-state index in [4.69, 9.17) is 10.00 Å². The Morgan fingerprint density at radius 2 is 1.84 bits per heavy atom. The van der Waals surface area contributed by atoms with Crippen LogP contribution in [0, 0.1) is 11.3 Å². The van der Waals surface area contributed by atoms with Gasteiger partial charge in [-0.05, 0) is 43.3 Å². The first-order chi connectivity index (χ1) is 12.1. The summed E-state index contributed by atoms with van der Waals surface area (Å²) >= 11 is 0. The molecule has 0 aliphatic rings. The summed E-state index contributed by atoms with van der Waals surface area (Å²) in [5.74, 6) is -0.557. The molecule has 0 heterocycles. The van der Waals surface area contributed by atoms with Gasteiger partial charge in [-0.2, -0.15) is 5.26 Å². The maximum Gasteiger partial charge on any atom is 0.340 e. The lowest BCUT2D eigenvalue weighted by Crippen LogP contribution is -2.17. The van der Waals surface area contributed by atoms with Gasteiger partial charge in [-0.25, -0.2) is 4.79 Å². The van der Waals surface area contributed by atoms with Crippen molar-refractivity contribution in [2.45, 2.75) is 13.3 Å². The van der Waals surface area contributed by atoms with Crippen LogP contribution in [0.1, 0.15) is 29.3 Å². The molecule has 0 saturated carbocycles. The van der Waals surface area contributed by atoms with Crippen LogP contribution in [0.25, 0.3) is 0 Å². The van der Waals surface area contributed by atoms with E-state index in [2.05, 4.69) is 10.6 Å². The predicted molar refractivity (Wildman–Crippen MR) is 95.3 cm³/mol. The number of hydrogen-bond donors (Lipinski definition) is 2. The molecule has 0 atom stereocenters. The second-order valence-corrected chi connectivity index (χ2v) is 5.18. The molecule has 1 amide bonds. The number of amides is 1. The number of para-hydroxylation sites is 1. The van der Waals surface area contributed by atoms with E-state index in [9.17, 15) is 9.59 Å². The highest BCUT2D eigenvalue weighted by Crippen LogP contribution is 2.16. The van der Waals surface area contributed by atoms with E-state index in [1.54, 1.807) is 49.4 Å². The van der Waals surface area contributed by atoms with Crippen molar-refractivity contribution < 1.29 is 14.3 Å². The van der Waals surface area contributed by atoms with E-state index in [0.29, 0.717) is 35.7 Å². The van der Waals surface area contributed by atoms with Crippen molar-refractivity contribution in [3.05, 3.63) is 59.7 Å². The molecule has 0 aliphatic heterocycles. The Morgan fingerprint density at radius 3 is 2.52 bits per heavy atom. The van der Waals surface area contributed by atoms with E-state index < -0.39 is 5.97 Å².